The smallest absolute Gasteiger partial charge is 0.161 e. The Kier molecular flexibility index (Phi) is 4.43. The summed E-state index contributed by atoms with van der Waals surface area (Å²) >= 11 is 0. The summed E-state index contributed by atoms with van der Waals surface area (Å²) in [7, 11) is 1.68. The van der Waals surface area contributed by atoms with Crippen LogP contribution >= 0.6 is 0 Å². The van der Waals surface area contributed by atoms with E-state index in [0.717, 1.165) is 36.5 Å². The Morgan fingerprint density at radius 1 is 1.20 bits per heavy atom. The number of piperidine rings is 1. The lowest BCUT2D eigenvalue weighted by Gasteiger charge is -2.34. The molecule has 2 saturated heterocycles. The molecule has 1 N–H and O–H groups in total. The van der Waals surface area contributed by atoms with Gasteiger partial charge in [0.15, 0.2) is 11.5 Å². The van der Waals surface area contributed by atoms with Crippen LogP contribution in [0.4, 0.5) is 0 Å². The summed E-state index contributed by atoms with van der Waals surface area (Å²) in [5, 5.41) is 3.51. The van der Waals surface area contributed by atoms with Crippen LogP contribution in [0.1, 0.15) is 6.42 Å². The average Bonchev–Trinajstić information content (AvgIpc) is 2.95. The van der Waals surface area contributed by atoms with Crippen LogP contribution in [-0.2, 0) is 0 Å². The maximum Gasteiger partial charge on any atom is 0.161 e. The van der Waals surface area contributed by atoms with Crippen molar-refractivity contribution in [3.63, 3.8) is 0 Å². The van der Waals surface area contributed by atoms with Crippen LogP contribution in [0.5, 0.6) is 11.5 Å². The predicted octanol–water partition coefficient (Wildman–Crippen LogP) is 1.62. The third-order valence-corrected chi connectivity index (χ3v) is 4.52. The quantitative estimate of drug-likeness (QED) is 0.886. The van der Waals surface area contributed by atoms with Crippen molar-refractivity contribution >= 4 is 0 Å². The third kappa shape index (κ3) is 3.07. The van der Waals surface area contributed by atoms with Gasteiger partial charge in [-0.05, 0) is 50.0 Å². The molecule has 2 heterocycles. The van der Waals surface area contributed by atoms with Crippen molar-refractivity contribution in [1.82, 2.24) is 10.2 Å². The Bertz CT molecular complexity index is 438. The van der Waals surface area contributed by atoms with Crippen molar-refractivity contribution in [2.45, 2.75) is 6.42 Å². The standard InChI is InChI=1S/C16H24N2O2/c1-19-15-4-2-3-5-16(15)20-9-8-18-7-6-13-10-17-11-14(13)12-18/h2-5,13-14,17H,6-12H2,1H3. The average molecular weight is 276 g/mol. The SMILES string of the molecule is COc1ccccc1OCCN1CCC2CNCC2C1. The van der Waals surface area contributed by atoms with E-state index in [0.29, 0.717) is 0 Å². The number of hydrogen-bond donors (Lipinski definition) is 1. The molecule has 1 aromatic rings. The highest BCUT2D eigenvalue weighted by Crippen LogP contribution is 2.27. The first-order chi connectivity index (χ1) is 9.86. The molecular formula is C16H24N2O2. The van der Waals surface area contributed by atoms with Crippen molar-refractivity contribution in [3.8, 4) is 11.5 Å². The fourth-order valence-electron chi connectivity index (χ4n) is 3.34. The zero-order valence-electron chi connectivity index (χ0n) is 12.2. The van der Waals surface area contributed by atoms with Gasteiger partial charge in [0.25, 0.3) is 0 Å². The number of likely N-dealkylation sites (tertiary alicyclic amines) is 1. The lowest BCUT2D eigenvalue weighted by Crippen LogP contribution is -2.41. The summed E-state index contributed by atoms with van der Waals surface area (Å²) in [4.78, 5) is 2.53. The van der Waals surface area contributed by atoms with Crippen LogP contribution in [-0.4, -0.2) is 51.3 Å². The van der Waals surface area contributed by atoms with Gasteiger partial charge >= 0.3 is 0 Å². The molecule has 0 aliphatic carbocycles. The fraction of sp³-hybridized carbons (Fsp3) is 0.625. The second-order valence-electron chi connectivity index (χ2n) is 5.77. The summed E-state index contributed by atoms with van der Waals surface area (Å²) in [6.45, 7) is 6.56. The summed E-state index contributed by atoms with van der Waals surface area (Å²) in [6.07, 6.45) is 1.33. The zero-order valence-corrected chi connectivity index (χ0v) is 12.2. The molecule has 2 unspecified atom stereocenters. The Morgan fingerprint density at radius 2 is 2.00 bits per heavy atom. The highest BCUT2D eigenvalue weighted by molar-refractivity contribution is 5.39. The first kappa shape index (κ1) is 13.7. The molecule has 110 valence electrons. The molecule has 0 amide bonds. The molecule has 3 rings (SSSR count). The predicted molar refractivity (Wildman–Crippen MR) is 79.4 cm³/mol. The van der Waals surface area contributed by atoms with Gasteiger partial charge in [-0.3, -0.25) is 4.90 Å². The minimum Gasteiger partial charge on any atom is -0.493 e. The van der Waals surface area contributed by atoms with Crippen LogP contribution in [0, 0.1) is 11.8 Å². The largest absolute Gasteiger partial charge is 0.493 e. The van der Waals surface area contributed by atoms with Gasteiger partial charge in [-0.15, -0.1) is 0 Å². The van der Waals surface area contributed by atoms with Gasteiger partial charge in [-0.25, -0.2) is 0 Å². The number of ether oxygens (including phenoxy) is 2. The number of methoxy groups -OCH3 is 1. The number of rotatable bonds is 5. The van der Waals surface area contributed by atoms with Crippen molar-refractivity contribution in [1.29, 1.82) is 0 Å². The van der Waals surface area contributed by atoms with E-state index >= 15 is 0 Å². The molecule has 1 aromatic carbocycles. The Labute approximate surface area is 121 Å². The first-order valence-electron chi connectivity index (χ1n) is 7.55. The van der Waals surface area contributed by atoms with E-state index in [2.05, 4.69) is 10.2 Å². The fourth-order valence-corrected chi connectivity index (χ4v) is 3.34. The third-order valence-electron chi connectivity index (χ3n) is 4.52. The summed E-state index contributed by atoms with van der Waals surface area (Å²) in [6, 6.07) is 7.84. The Morgan fingerprint density at radius 3 is 2.85 bits per heavy atom. The molecule has 0 spiro atoms. The van der Waals surface area contributed by atoms with Crippen molar-refractivity contribution in [2.75, 3.05) is 46.4 Å². The maximum atomic E-state index is 5.86. The van der Waals surface area contributed by atoms with Gasteiger partial charge in [0.2, 0.25) is 0 Å². The number of benzene rings is 1. The minimum atomic E-state index is 0.727. The van der Waals surface area contributed by atoms with Gasteiger partial charge in [0.1, 0.15) is 6.61 Å². The van der Waals surface area contributed by atoms with Crippen LogP contribution in [0.3, 0.4) is 0 Å². The first-order valence-corrected chi connectivity index (χ1v) is 7.55. The van der Waals surface area contributed by atoms with E-state index in [1.165, 1.54) is 32.6 Å². The second-order valence-corrected chi connectivity index (χ2v) is 5.77. The number of fused-ring (bicyclic) bond motifs is 1. The molecule has 0 saturated carbocycles. The maximum absolute atomic E-state index is 5.86. The van der Waals surface area contributed by atoms with Gasteiger partial charge in [0.05, 0.1) is 7.11 Å². The molecule has 20 heavy (non-hydrogen) atoms. The van der Waals surface area contributed by atoms with Crippen molar-refractivity contribution < 1.29 is 9.47 Å². The summed E-state index contributed by atoms with van der Waals surface area (Å²) in [5.41, 5.74) is 0. The lowest BCUT2D eigenvalue weighted by molar-refractivity contribution is 0.126. The lowest BCUT2D eigenvalue weighted by atomic mass is 9.89. The number of hydrogen-bond acceptors (Lipinski definition) is 4. The topological polar surface area (TPSA) is 33.7 Å². The van der Waals surface area contributed by atoms with Crippen molar-refractivity contribution in [2.24, 2.45) is 11.8 Å². The highest BCUT2D eigenvalue weighted by Gasteiger charge is 2.32. The molecule has 2 fully saturated rings. The van der Waals surface area contributed by atoms with Crippen LogP contribution in [0.2, 0.25) is 0 Å². The van der Waals surface area contributed by atoms with E-state index < -0.39 is 0 Å². The molecule has 4 nitrogen and oxygen atoms in total. The molecule has 2 aliphatic rings. The van der Waals surface area contributed by atoms with E-state index in [9.17, 15) is 0 Å². The number of nitrogens with zero attached hydrogens (tertiary/aromatic N) is 1. The van der Waals surface area contributed by atoms with Gasteiger partial charge in [-0.1, -0.05) is 12.1 Å². The summed E-state index contributed by atoms with van der Waals surface area (Å²) < 4.78 is 11.2. The van der Waals surface area contributed by atoms with E-state index in [1.807, 2.05) is 24.3 Å². The van der Waals surface area contributed by atoms with E-state index in [1.54, 1.807) is 7.11 Å². The zero-order chi connectivity index (χ0) is 13.8. The van der Waals surface area contributed by atoms with Gasteiger partial charge in [0, 0.05) is 13.1 Å². The molecule has 0 radical (unpaired) electrons. The normalized spacial score (nSPS) is 26.2. The second kappa shape index (κ2) is 6.46. The van der Waals surface area contributed by atoms with Gasteiger partial charge < -0.3 is 14.8 Å². The summed E-state index contributed by atoms with van der Waals surface area (Å²) in [5.74, 6) is 3.40. The van der Waals surface area contributed by atoms with Crippen LogP contribution < -0.4 is 14.8 Å². The number of para-hydroxylation sites is 2. The number of nitrogens with one attached hydrogen (secondary N) is 1. The minimum absolute atomic E-state index is 0.727. The molecule has 0 bridgehead atoms. The Balaban J connectivity index is 1.45. The molecule has 0 aromatic heterocycles. The van der Waals surface area contributed by atoms with Crippen molar-refractivity contribution in [3.05, 3.63) is 24.3 Å². The molecule has 2 atom stereocenters. The monoisotopic (exact) mass is 276 g/mol. The van der Waals surface area contributed by atoms with Crippen LogP contribution in [0.15, 0.2) is 24.3 Å². The molecule has 2 aliphatic heterocycles. The Hall–Kier alpha value is -1.26. The van der Waals surface area contributed by atoms with E-state index in [4.69, 9.17) is 9.47 Å². The van der Waals surface area contributed by atoms with Gasteiger partial charge in [-0.2, -0.15) is 0 Å². The van der Waals surface area contributed by atoms with E-state index in [-0.39, 0.29) is 0 Å². The molecule has 4 heteroatoms. The highest BCUT2D eigenvalue weighted by atomic mass is 16.5. The molecular weight excluding hydrogens is 252 g/mol. The van der Waals surface area contributed by atoms with Crippen LogP contribution in [0.25, 0.3) is 0 Å².